The van der Waals surface area contributed by atoms with E-state index >= 15 is 0 Å². The zero-order chi connectivity index (χ0) is 34.8. The van der Waals surface area contributed by atoms with E-state index in [1.807, 2.05) is 22.8 Å². The Kier molecular flexibility index (Phi) is 15.8. The third kappa shape index (κ3) is 11.2. The topological polar surface area (TPSA) is 3.24 Å². The molecular formula is C44H62Cl2NPRu. The summed E-state index contributed by atoms with van der Waals surface area (Å²) in [6, 6.07) is 19.0. The molecule has 3 aromatic rings. The molecule has 7 rings (SSSR count). The molecule has 0 radical (unpaired) electrons. The molecule has 3 saturated carbocycles. The van der Waals surface area contributed by atoms with Gasteiger partial charge >= 0.3 is 96.3 Å². The maximum absolute atomic E-state index is 5.82. The summed E-state index contributed by atoms with van der Waals surface area (Å²) in [7, 11) is 11.6. The van der Waals surface area contributed by atoms with Crippen molar-refractivity contribution < 1.29 is 13.5 Å². The molecule has 3 fully saturated rings. The average molecular weight is 808 g/mol. The minimum atomic E-state index is -1.70. The van der Waals surface area contributed by atoms with E-state index in [9.17, 15) is 0 Å². The quantitative estimate of drug-likeness (QED) is 0.141. The van der Waals surface area contributed by atoms with Gasteiger partial charge < -0.3 is 4.90 Å². The molecule has 0 saturated heterocycles. The Morgan fingerprint density at radius 1 is 0.653 bits per heavy atom. The molecular weight excluding hydrogens is 745 g/mol. The number of nitrogens with zero attached hydrogens (tertiary/aromatic N) is 1. The van der Waals surface area contributed by atoms with Gasteiger partial charge in [0.2, 0.25) is 0 Å². The standard InChI is InChI=1S/C18H33P.C15H20N.C11H8.2ClH.Ru/c1-4-10-16(11-5-1)19(17-12-6-2-7-13-17)18-14-8-3-9-15-18;1-10-8-12(3)15(13(4)9-10)16-7-6-11(2)14(16)5;1-9-6-7-10-4-2-3-5-11(10)8-9;;;/h16-18H,1-15H2;7-9H,6H2,1-5H3;1-8H;2*1H;/q;-1;;;;+2/p-1. The van der Waals surface area contributed by atoms with E-state index in [4.69, 9.17) is 19.4 Å². The van der Waals surface area contributed by atoms with Gasteiger partial charge in [0.15, 0.2) is 0 Å². The SMILES string of the molecule is C1CCC([PH+](C2CCCCC2)C2CCCCC2)CC1.CC1=C(C)N(c2c(C)cc(C)cc2C)[CH-]C1.[Cl][Ru]([Cl])=[CH]c1ccc2ccccc2c1. The summed E-state index contributed by atoms with van der Waals surface area (Å²) in [5, 5.41) is 2.47. The Labute approximate surface area is 313 Å². The van der Waals surface area contributed by atoms with Crippen LogP contribution in [0.5, 0.6) is 0 Å². The molecule has 3 aromatic carbocycles. The van der Waals surface area contributed by atoms with E-state index in [0.717, 1.165) is 12.0 Å². The fourth-order valence-corrected chi connectivity index (χ4v) is 16.2. The molecule has 1 nitrogen and oxygen atoms in total. The Balaban J connectivity index is 0.000000145. The first-order valence-corrected chi connectivity index (χ1v) is 26.5. The second kappa shape index (κ2) is 19.7. The summed E-state index contributed by atoms with van der Waals surface area (Å²) in [4.78, 5) is 2.35. The number of allylic oxidation sites excluding steroid dienone is 1. The Morgan fingerprint density at radius 2 is 1.14 bits per heavy atom. The predicted octanol–water partition coefficient (Wildman–Crippen LogP) is 14.4. The number of anilines is 1. The summed E-state index contributed by atoms with van der Waals surface area (Å²) in [6.07, 6.45) is 24.9. The molecule has 1 heterocycles. The molecule has 3 aliphatic carbocycles. The summed E-state index contributed by atoms with van der Waals surface area (Å²) in [5.74, 6) is 0. The number of hydrogen-bond donors (Lipinski definition) is 0. The number of hydrogen-bond acceptors (Lipinski definition) is 1. The van der Waals surface area contributed by atoms with E-state index < -0.39 is 13.5 Å². The van der Waals surface area contributed by atoms with E-state index in [2.05, 4.69) is 82.5 Å². The Bertz CT molecular complexity index is 1490. The molecule has 4 aliphatic rings. The zero-order valence-corrected chi connectivity index (χ0v) is 35.2. The third-order valence-corrected chi connectivity index (χ3v) is 18.1. The predicted molar refractivity (Wildman–Crippen MR) is 220 cm³/mol. The van der Waals surface area contributed by atoms with Crippen LogP contribution in [0.25, 0.3) is 10.8 Å². The van der Waals surface area contributed by atoms with E-state index in [1.165, 1.54) is 61.4 Å². The van der Waals surface area contributed by atoms with Gasteiger partial charge in [-0.25, -0.2) is 6.54 Å². The maximum atomic E-state index is 5.82. The van der Waals surface area contributed by atoms with Crippen LogP contribution in [0.2, 0.25) is 0 Å². The van der Waals surface area contributed by atoms with E-state index in [1.54, 1.807) is 96.3 Å². The van der Waals surface area contributed by atoms with Gasteiger partial charge in [0, 0.05) is 13.6 Å². The average Bonchev–Trinajstić information content (AvgIpc) is 3.43. The minimum absolute atomic E-state index is 0.0465. The van der Waals surface area contributed by atoms with E-state index in [-0.39, 0.29) is 7.92 Å². The van der Waals surface area contributed by atoms with Crippen LogP contribution in [-0.2, 0) is 13.5 Å². The molecule has 0 N–H and O–H groups in total. The van der Waals surface area contributed by atoms with Crippen molar-refractivity contribution in [3.63, 3.8) is 0 Å². The monoisotopic (exact) mass is 807 g/mol. The second-order valence-corrected chi connectivity index (χ2v) is 24.5. The van der Waals surface area contributed by atoms with Crippen molar-refractivity contribution in [1.29, 1.82) is 0 Å². The molecule has 270 valence electrons. The number of halogens is 2. The van der Waals surface area contributed by atoms with Crippen molar-refractivity contribution in [1.82, 2.24) is 0 Å². The van der Waals surface area contributed by atoms with E-state index in [0.29, 0.717) is 0 Å². The van der Waals surface area contributed by atoms with Crippen molar-refractivity contribution in [2.45, 2.75) is 154 Å². The Hall–Kier alpha value is -1.04. The van der Waals surface area contributed by atoms with Crippen LogP contribution in [0, 0.1) is 27.3 Å². The third-order valence-electron chi connectivity index (χ3n) is 11.6. The van der Waals surface area contributed by atoms with Gasteiger partial charge in [0.05, 0.1) is 17.0 Å². The van der Waals surface area contributed by atoms with Crippen molar-refractivity contribution in [2.24, 2.45) is 0 Å². The van der Waals surface area contributed by atoms with Crippen LogP contribution in [0.1, 0.15) is 139 Å². The molecule has 0 atom stereocenters. The molecule has 0 spiro atoms. The number of aryl methyl sites for hydroxylation is 3. The van der Waals surface area contributed by atoms with Crippen molar-refractivity contribution in [3.8, 4) is 0 Å². The van der Waals surface area contributed by atoms with Crippen LogP contribution in [0.3, 0.4) is 0 Å². The summed E-state index contributed by atoms with van der Waals surface area (Å²) in [5.41, 5.74) is 13.1. The molecule has 49 heavy (non-hydrogen) atoms. The Morgan fingerprint density at radius 3 is 1.59 bits per heavy atom. The van der Waals surface area contributed by atoms with Crippen molar-refractivity contribution in [2.75, 3.05) is 4.90 Å². The van der Waals surface area contributed by atoms with Gasteiger partial charge in [0.25, 0.3) is 0 Å². The first-order valence-electron chi connectivity index (χ1n) is 19.3. The van der Waals surface area contributed by atoms with Gasteiger partial charge in [-0.2, -0.15) is 0 Å². The second-order valence-electron chi connectivity index (χ2n) is 15.3. The fraction of sp³-hybridized carbons (Fsp3) is 0.545. The van der Waals surface area contributed by atoms with Gasteiger partial charge in [0.1, 0.15) is 0 Å². The van der Waals surface area contributed by atoms with Crippen molar-refractivity contribution in [3.05, 3.63) is 94.7 Å². The fourth-order valence-electron chi connectivity index (χ4n) is 9.20. The van der Waals surface area contributed by atoms with Crippen LogP contribution in [0.15, 0.2) is 65.9 Å². The van der Waals surface area contributed by atoms with Gasteiger partial charge in [-0.3, -0.25) is 0 Å². The summed E-state index contributed by atoms with van der Waals surface area (Å²) >= 11 is -1.70. The number of fused-ring (bicyclic) bond motifs is 1. The van der Waals surface area contributed by atoms with Gasteiger partial charge in [-0.1, -0.05) is 42.5 Å². The molecule has 1 aliphatic heterocycles. The number of benzene rings is 3. The van der Waals surface area contributed by atoms with Gasteiger partial charge in [-0.05, 0) is 128 Å². The van der Waals surface area contributed by atoms with Gasteiger partial charge in [-0.15, -0.1) is 6.42 Å². The molecule has 5 heteroatoms. The normalized spacial score (nSPS) is 19.8. The van der Waals surface area contributed by atoms with Crippen LogP contribution >= 0.6 is 27.3 Å². The molecule has 0 unspecified atom stereocenters. The van der Waals surface area contributed by atoms with Crippen molar-refractivity contribution >= 4 is 48.4 Å². The van der Waals surface area contributed by atoms with Crippen LogP contribution < -0.4 is 4.90 Å². The molecule has 0 aromatic heterocycles. The van der Waals surface area contributed by atoms with Crippen LogP contribution in [0.4, 0.5) is 5.69 Å². The summed E-state index contributed by atoms with van der Waals surface area (Å²) < 4.78 is 1.96. The summed E-state index contributed by atoms with van der Waals surface area (Å²) in [6.45, 7) is 13.3. The van der Waals surface area contributed by atoms with Crippen LogP contribution in [-0.4, -0.2) is 21.6 Å². The first kappa shape index (κ1) is 39.2. The first-order chi connectivity index (χ1) is 23.7. The number of rotatable bonds is 5. The molecule has 0 amide bonds. The zero-order valence-electron chi connectivity index (χ0n) is 31.0. The molecule has 0 bridgehead atoms.